The molecule has 0 bridgehead atoms. The van der Waals surface area contributed by atoms with Crippen molar-refractivity contribution in [3.8, 4) is 0 Å². The van der Waals surface area contributed by atoms with Gasteiger partial charge in [-0.3, -0.25) is 4.79 Å². The van der Waals surface area contributed by atoms with Crippen LogP contribution in [0.5, 0.6) is 0 Å². The van der Waals surface area contributed by atoms with Crippen molar-refractivity contribution in [2.45, 2.75) is 83.7 Å². The van der Waals surface area contributed by atoms with Gasteiger partial charge in [0.1, 0.15) is 0 Å². The van der Waals surface area contributed by atoms with Gasteiger partial charge >= 0.3 is 0 Å². The highest BCUT2D eigenvalue weighted by atomic mass is 16.2. The summed E-state index contributed by atoms with van der Waals surface area (Å²) in [6, 6.07) is 0.902. The molecule has 2 aliphatic carbocycles. The Bertz CT molecular complexity index is 302. The monoisotopic (exact) mass is 280 g/mol. The van der Waals surface area contributed by atoms with Crippen molar-refractivity contribution in [1.29, 1.82) is 0 Å². The van der Waals surface area contributed by atoms with E-state index in [1.165, 1.54) is 25.7 Å². The fourth-order valence-electron chi connectivity index (χ4n) is 3.82. The third-order valence-electron chi connectivity index (χ3n) is 5.00. The highest BCUT2D eigenvalue weighted by molar-refractivity contribution is 5.76. The molecule has 0 saturated heterocycles. The first-order valence-corrected chi connectivity index (χ1v) is 8.61. The number of rotatable bonds is 5. The molecule has 0 unspecified atom stereocenters. The molecule has 0 aliphatic heterocycles. The number of carbonyl (C=O) groups excluding carboxylic acids is 1. The van der Waals surface area contributed by atoms with Gasteiger partial charge in [0.25, 0.3) is 0 Å². The van der Waals surface area contributed by atoms with Gasteiger partial charge in [-0.15, -0.1) is 0 Å². The summed E-state index contributed by atoms with van der Waals surface area (Å²) in [6.45, 7) is 5.37. The normalized spacial score (nSPS) is 28.0. The molecule has 2 aliphatic rings. The predicted octanol–water partition coefficient (Wildman–Crippen LogP) is 3.32. The van der Waals surface area contributed by atoms with E-state index in [4.69, 9.17) is 5.73 Å². The minimum Gasteiger partial charge on any atom is -0.339 e. The average Bonchev–Trinajstić information content (AvgIpc) is 2.92. The van der Waals surface area contributed by atoms with E-state index in [0.29, 0.717) is 29.8 Å². The third kappa shape index (κ3) is 4.47. The number of hydrogen-bond acceptors (Lipinski definition) is 2. The van der Waals surface area contributed by atoms with Gasteiger partial charge in [-0.2, -0.15) is 0 Å². The van der Waals surface area contributed by atoms with Gasteiger partial charge in [-0.25, -0.2) is 0 Å². The molecule has 2 fully saturated rings. The van der Waals surface area contributed by atoms with E-state index in [9.17, 15) is 4.79 Å². The molecule has 0 aromatic carbocycles. The van der Waals surface area contributed by atoms with Gasteiger partial charge in [0.05, 0.1) is 0 Å². The Morgan fingerprint density at radius 2 is 1.70 bits per heavy atom. The van der Waals surface area contributed by atoms with Crippen molar-refractivity contribution in [3.05, 3.63) is 0 Å². The number of amides is 1. The van der Waals surface area contributed by atoms with E-state index in [0.717, 1.165) is 38.6 Å². The highest BCUT2D eigenvalue weighted by Gasteiger charge is 2.29. The lowest BCUT2D eigenvalue weighted by molar-refractivity contribution is -0.135. The van der Waals surface area contributed by atoms with Crippen molar-refractivity contribution in [2.75, 3.05) is 6.54 Å². The Kier molecular flexibility index (Phi) is 5.88. The van der Waals surface area contributed by atoms with Crippen LogP contribution in [0.2, 0.25) is 0 Å². The SMILES string of the molecule is CC(C)CN(C(=O)CC1CCC(N)CC1)C1CCCC1. The minimum atomic E-state index is 0.378. The predicted molar refractivity (Wildman–Crippen MR) is 83.4 cm³/mol. The average molecular weight is 280 g/mol. The van der Waals surface area contributed by atoms with Gasteiger partial charge in [0.15, 0.2) is 0 Å². The minimum absolute atomic E-state index is 0.378. The zero-order valence-electron chi connectivity index (χ0n) is 13.3. The first-order chi connectivity index (χ1) is 9.56. The Morgan fingerprint density at radius 3 is 2.25 bits per heavy atom. The second-order valence-electron chi connectivity index (χ2n) is 7.36. The quantitative estimate of drug-likeness (QED) is 0.839. The molecule has 0 aromatic rings. The molecule has 0 heterocycles. The molecule has 2 N–H and O–H groups in total. The van der Waals surface area contributed by atoms with E-state index >= 15 is 0 Å². The van der Waals surface area contributed by atoms with E-state index in [-0.39, 0.29) is 0 Å². The molecular formula is C17H32N2O. The second kappa shape index (κ2) is 7.44. The molecule has 3 nitrogen and oxygen atoms in total. The third-order valence-corrected chi connectivity index (χ3v) is 5.00. The number of carbonyl (C=O) groups is 1. The van der Waals surface area contributed by atoms with Crippen molar-refractivity contribution in [3.63, 3.8) is 0 Å². The van der Waals surface area contributed by atoms with Crippen LogP contribution in [0.1, 0.15) is 71.6 Å². The van der Waals surface area contributed by atoms with Crippen molar-refractivity contribution in [1.82, 2.24) is 4.90 Å². The molecular weight excluding hydrogens is 248 g/mol. The van der Waals surface area contributed by atoms with Crippen LogP contribution in [0.3, 0.4) is 0 Å². The van der Waals surface area contributed by atoms with Crippen LogP contribution >= 0.6 is 0 Å². The fraction of sp³-hybridized carbons (Fsp3) is 0.941. The smallest absolute Gasteiger partial charge is 0.223 e. The van der Waals surface area contributed by atoms with Crippen LogP contribution in [-0.2, 0) is 4.79 Å². The van der Waals surface area contributed by atoms with Gasteiger partial charge in [0, 0.05) is 25.0 Å². The number of nitrogens with two attached hydrogens (primary N) is 1. The fourth-order valence-corrected chi connectivity index (χ4v) is 3.82. The Labute approximate surface area is 124 Å². The maximum absolute atomic E-state index is 12.7. The summed E-state index contributed by atoms with van der Waals surface area (Å²) in [4.78, 5) is 14.9. The van der Waals surface area contributed by atoms with E-state index in [1.807, 2.05) is 0 Å². The molecule has 0 spiro atoms. The Hall–Kier alpha value is -0.570. The number of nitrogens with zero attached hydrogens (tertiary/aromatic N) is 1. The lowest BCUT2D eigenvalue weighted by Crippen LogP contribution is -2.42. The zero-order valence-corrected chi connectivity index (χ0v) is 13.3. The van der Waals surface area contributed by atoms with Crippen molar-refractivity contribution < 1.29 is 4.79 Å². The molecule has 1 amide bonds. The number of hydrogen-bond donors (Lipinski definition) is 1. The maximum Gasteiger partial charge on any atom is 0.223 e. The lowest BCUT2D eigenvalue weighted by atomic mass is 9.84. The van der Waals surface area contributed by atoms with Gasteiger partial charge in [-0.05, 0) is 50.4 Å². The molecule has 20 heavy (non-hydrogen) atoms. The standard InChI is InChI=1S/C17H32N2O/c1-13(2)12-19(16-5-3-4-6-16)17(20)11-14-7-9-15(18)10-8-14/h13-16H,3-12,18H2,1-2H3. The summed E-state index contributed by atoms with van der Waals surface area (Å²) in [6.07, 6.45) is 10.3. The van der Waals surface area contributed by atoms with Crippen LogP contribution in [0.4, 0.5) is 0 Å². The molecule has 2 rings (SSSR count). The van der Waals surface area contributed by atoms with Gasteiger partial charge < -0.3 is 10.6 Å². The molecule has 2 saturated carbocycles. The summed E-state index contributed by atoms with van der Waals surface area (Å²) in [7, 11) is 0. The molecule has 116 valence electrons. The van der Waals surface area contributed by atoms with E-state index < -0.39 is 0 Å². The van der Waals surface area contributed by atoms with Crippen LogP contribution < -0.4 is 5.73 Å². The summed E-state index contributed by atoms with van der Waals surface area (Å²) in [5.74, 6) is 1.56. The summed E-state index contributed by atoms with van der Waals surface area (Å²) >= 11 is 0. The molecule has 3 heteroatoms. The first-order valence-electron chi connectivity index (χ1n) is 8.61. The Morgan fingerprint density at radius 1 is 1.10 bits per heavy atom. The van der Waals surface area contributed by atoms with Crippen LogP contribution in [0.15, 0.2) is 0 Å². The van der Waals surface area contributed by atoms with E-state index in [1.54, 1.807) is 0 Å². The molecule has 0 aromatic heterocycles. The van der Waals surface area contributed by atoms with Crippen molar-refractivity contribution >= 4 is 5.91 Å². The zero-order chi connectivity index (χ0) is 14.5. The largest absolute Gasteiger partial charge is 0.339 e. The second-order valence-corrected chi connectivity index (χ2v) is 7.36. The summed E-state index contributed by atoms with van der Waals surface area (Å²) in [5.41, 5.74) is 5.96. The highest BCUT2D eigenvalue weighted by Crippen LogP contribution is 2.29. The van der Waals surface area contributed by atoms with Crippen LogP contribution in [-0.4, -0.2) is 29.4 Å². The van der Waals surface area contributed by atoms with E-state index in [2.05, 4.69) is 18.7 Å². The van der Waals surface area contributed by atoms with Crippen molar-refractivity contribution in [2.24, 2.45) is 17.6 Å². The topological polar surface area (TPSA) is 46.3 Å². The summed E-state index contributed by atoms with van der Waals surface area (Å²) in [5, 5.41) is 0. The first kappa shape index (κ1) is 15.8. The van der Waals surface area contributed by atoms with Crippen LogP contribution in [0, 0.1) is 11.8 Å². The lowest BCUT2D eigenvalue weighted by Gasteiger charge is -2.33. The Balaban J connectivity index is 1.88. The van der Waals surface area contributed by atoms with Gasteiger partial charge in [-0.1, -0.05) is 26.7 Å². The summed E-state index contributed by atoms with van der Waals surface area (Å²) < 4.78 is 0. The van der Waals surface area contributed by atoms with Gasteiger partial charge in [0.2, 0.25) is 5.91 Å². The maximum atomic E-state index is 12.7. The van der Waals surface area contributed by atoms with Crippen LogP contribution in [0.25, 0.3) is 0 Å². The molecule has 0 radical (unpaired) electrons. The molecule has 0 atom stereocenters.